The van der Waals surface area contributed by atoms with E-state index in [1.54, 1.807) is 0 Å². The largest absolute Gasteiger partial charge is 0.444 e. The highest BCUT2D eigenvalue weighted by Gasteiger charge is 2.40. The monoisotopic (exact) mass is 282 g/mol. The average molecular weight is 282 g/mol. The first-order valence-corrected chi connectivity index (χ1v) is 8.20. The number of piperidine rings is 1. The van der Waals surface area contributed by atoms with Crippen LogP contribution in [-0.2, 0) is 4.74 Å². The van der Waals surface area contributed by atoms with Gasteiger partial charge in [0, 0.05) is 18.1 Å². The lowest BCUT2D eigenvalue weighted by molar-refractivity contribution is 0.0298. The summed E-state index contributed by atoms with van der Waals surface area (Å²) in [6.07, 6.45) is 6.55. The molecule has 0 spiro atoms. The number of ether oxygens (including phenoxy) is 1. The number of nitrogens with one attached hydrogen (secondary N) is 1. The summed E-state index contributed by atoms with van der Waals surface area (Å²) in [5.74, 6) is 0. The summed E-state index contributed by atoms with van der Waals surface area (Å²) < 4.78 is 5.49. The third kappa shape index (κ3) is 3.66. The van der Waals surface area contributed by atoms with Gasteiger partial charge < -0.3 is 10.1 Å². The standard InChI is InChI=1S/C16H30N2O2/c1-5-9-18-13-7-8-14(18)11-12(10-13)17-15(19)20-16(3,4)6-2/h12-14H,5-11H2,1-4H3,(H,17,19)/t12?,13-,14+. The van der Waals surface area contributed by atoms with E-state index in [0.717, 1.165) is 19.3 Å². The molecular weight excluding hydrogens is 252 g/mol. The summed E-state index contributed by atoms with van der Waals surface area (Å²) in [7, 11) is 0. The van der Waals surface area contributed by atoms with Crippen LogP contribution in [-0.4, -0.2) is 41.3 Å². The van der Waals surface area contributed by atoms with E-state index in [1.807, 2.05) is 20.8 Å². The lowest BCUT2D eigenvalue weighted by atomic mass is 9.97. The molecule has 0 radical (unpaired) electrons. The third-order valence-electron chi connectivity index (χ3n) is 4.91. The maximum atomic E-state index is 12.0. The molecule has 2 fully saturated rings. The van der Waals surface area contributed by atoms with E-state index in [1.165, 1.54) is 25.8 Å². The van der Waals surface area contributed by atoms with Gasteiger partial charge in [0.1, 0.15) is 5.60 Å². The van der Waals surface area contributed by atoms with Crippen molar-refractivity contribution in [3.05, 3.63) is 0 Å². The molecule has 0 aromatic heterocycles. The summed E-state index contributed by atoms with van der Waals surface area (Å²) in [5.41, 5.74) is -0.369. The zero-order valence-corrected chi connectivity index (χ0v) is 13.4. The zero-order valence-electron chi connectivity index (χ0n) is 13.4. The quantitative estimate of drug-likeness (QED) is 0.841. The molecule has 116 valence electrons. The fraction of sp³-hybridized carbons (Fsp3) is 0.938. The van der Waals surface area contributed by atoms with E-state index < -0.39 is 0 Å². The Morgan fingerprint density at radius 2 is 1.85 bits per heavy atom. The number of amides is 1. The highest BCUT2D eigenvalue weighted by molar-refractivity contribution is 5.68. The van der Waals surface area contributed by atoms with Crippen LogP contribution in [0.1, 0.15) is 66.2 Å². The molecule has 0 aliphatic carbocycles. The van der Waals surface area contributed by atoms with E-state index in [-0.39, 0.29) is 11.7 Å². The molecule has 2 aliphatic rings. The van der Waals surface area contributed by atoms with E-state index in [0.29, 0.717) is 18.1 Å². The molecule has 4 nitrogen and oxygen atoms in total. The predicted octanol–water partition coefficient (Wildman–Crippen LogP) is 3.31. The van der Waals surface area contributed by atoms with Crippen molar-refractivity contribution in [2.75, 3.05) is 6.54 Å². The minimum atomic E-state index is -0.369. The number of hydrogen-bond acceptors (Lipinski definition) is 3. The topological polar surface area (TPSA) is 41.6 Å². The van der Waals surface area contributed by atoms with Crippen molar-refractivity contribution in [1.82, 2.24) is 10.2 Å². The van der Waals surface area contributed by atoms with Crippen LogP contribution in [0.5, 0.6) is 0 Å². The Morgan fingerprint density at radius 3 is 2.35 bits per heavy atom. The van der Waals surface area contributed by atoms with Gasteiger partial charge in [0.25, 0.3) is 0 Å². The van der Waals surface area contributed by atoms with E-state index in [2.05, 4.69) is 17.1 Å². The Hall–Kier alpha value is -0.770. The van der Waals surface area contributed by atoms with Crippen molar-refractivity contribution in [3.63, 3.8) is 0 Å². The second-order valence-corrected chi connectivity index (χ2v) is 6.94. The molecule has 2 bridgehead atoms. The average Bonchev–Trinajstić information content (AvgIpc) is 2.61. The van der Waals surface area contributed by atoms with Gasteiger partial charge in [0.2, 0.25) is 0 Å². The van der Waals surface area contributed by atoms with Crippen molar-refractivity contribution in [2.24, 2.45) is 0 Å². The van der Waals surface area contributed by atoms with Crippen molar-refractivity contribution < 1.29 is 9.53 Å². The molecule has 1 N–H and O–H groups in total. The van der Waals surface area contributed by atoms with Crippen molar-refractivity contribution in [2.45, 2.75) is 89.9 Å². The van der Waals surface area contributed by atoms with Crippen LogP contribution in [0.25, 0.3) is 0 Å². The van der Waals surface area contributed by atoms with Crippen molar-refractivity contribution >= 4 is 6.09 Å². The zero-order chi connectivity index (χ0) is 14.8. The van der Waals surface area contributed by atoms with Crippen molar-refractivity contribution in [3.8, 4) is 0 Å². The minimum Gasteiger partial charge on any atom is -0.444 e. The van der Waals surface area contributed by atoms with E-state index in [9.17, 15) is 4.79 Å². The summed E-state index contributed by atoms with van der Waals surface area (Å²) in [4.78, 5) is 14.6. The molecule has 20 heavy (non-hydrogen) atoms. The maximum Gasteiger partial charge on any atom is 0.407 e. The summed E-state index contributed by atoms with van der Waals surface area (Å²) >= 11 is 0. The summed E-state index contributed by atoms with van der Waals surface area (Å²) in [6.45, 7) is 9.40. The van der Waals surface area contributed by atoms with Gasteiger partial charge in [-0.3, -0.25) is 4.90 Å². The van der Waals surface area contributed by atoms with Gasteiger partial charge >= 0.3 is 6.09 Å². The number of fused-ring (bicyclic) bond motifs is 2. The number of hydrogen-bond donors (Lipinski definition) is 1. The molecule has 0 aromatic rings. The second kappa shape index (κ2) is 6.33. The van der Waals surface area contributed by atoms with Crippen LogP contribution in [0.15, 0.2) is 0 Å². The van der Waals surface area contributed by atoms with Crippen LogP contribution >= 0.6 is 0 Å². The summed E-state index contributed by atoms with van der Waals surface area (Å²) in [5, 5.41) is 3.08. The Bertz CT molecular complexity index is 329. The van der Waals surface area contributed by atoms with Crippen LogP contribution in [0.4, 0.5) is 4.79 Å². The molecule has 2 heterocycles. The van der Waals surface area contributed by atoms with Gasteiger partial charge in [-0.1, -0.05) is 13.8 Å². The van der Waals surface area contributed by atoms with Crippen LogP contribution < -0.4 is 5.32 Å². The molecule has 0 saturated carbocycles. The number of carbonyl (C=O) groups is 1. The normalized spacial score (nSPS) is 30.3. The lowest BCUT2D eigenvalue weighted by Crippen LogP contribution is -2.51. The Balaban J connectivity index is 1.83. The van der Waals surface area contributed by atoms with Gasteiger partial charge in [0.05, 0.1) is 0 Å². The van der Waals surface area contributed by atoms with Gasteiger partial charge in [-0.25, -0.2) is 4.79 Å². The lowest BCUT2D eigenvalue weighted by Gasteiger charge is -2.39. The molecular formula is C16H30N2O2. The first kappa shape index (κ1) is 15.6. The van der Waals surface area contributed by atoms with Gasteiger partial charge in [-0.2, -0.15) is 0 Å². The molecule has 3 atom stereocenters. The maximum absolute atomic E-state index is 12.0. The minimum absolute atomic E-state index is 0.245. The highest BCUT2D eigenvalue weighted by atomic mass is 16.6. The molecule has 0 aromatic carbocycles. The first-order chi connectivity index (χ1) is 9.45. The Kier molecular flexibility index (Phi) is 4.95. The fourth-order valence-electron chi connectivity index (χ4n) is 3.53. The highest BCUT2D eigenvalue weighted by Crippen LogP contribution is 2.35. The van der Waals surface area contributed by atoms with Gasteiger partial charge in [0.15, 0.2) is 0 Å². The molecule has 2 aliphatic heterocycles. The third-order valence-corrected chi connectivity index (χ3v) is 4.91. The molecule has 2 rings (SSSR count). The second-order valence-electron chi connectivity index (χ2n) is 6.94. The Labute approximate surface area is 123 Å². The van der Waals surface area contributed by atoms with Gasteiger partial charge in [-0.05, 0) is 58.9 Å². The molecule has 2 saturated heterocycles. The van der Waals surface area contributed by atoms with E-state index >= 15 is 0 Å². The van der Waals surface area contributed by atoms with Crippen LogP contribution in [0, 0.1) is 0 Å². The number of nitrogens with zero attached hydrogens (tertiary/aromatic N) is 1. The fourth-order valence-corrected chi connectivity index (χ4v) is 3.53. The van der Waals surface area contributed by atoms with E-state index in [4.69, 9.17) is 4.74 Å². The molecule has 4 heteroatoms. The Morgan fingerprint density at radius 1 is 1.25 bits per heavy atom. The van der Waals surface area contributed by atoms with Gasteiger partial charge in [-0.15, -0.1) is 0 Å². The number of rotatable bonds is 5. The first-order valence-electron chi connectivity index (χ1n) is 8.20. The predicted molar refractivity (Wildman–Crippen MR) is 80.8 cm³/mol. The molecule has 1 unspecified atom stereocenters. The smallest absolute Gasteiger partial charge is 0.407 e. The van der Waals surface area contributed by atoms with Crippen LogP contribution in [0.2, 0.25) is 0 Å². The number of alkyl carbamates (subject to hydrolysis) is 1. The van der Waals surface area contributed by atoms with Crippen LogP contribution in [0.3, 0.4) is 0 Å². The number of carbonyl (C=O) groups excluding carboxylic acids is 1. The van der Waals surface area contributed by atoms with Crippen molar-refractivity contribution in [1.29, 1.82) is 0 Å². The summed E-state index contributed by atoms with van der Waals surface area (Å²) in [6, 6.07) is 1.62. The molecule has 1 amide bonds. The SMILES string of the molecule is CCCN1[C@@H]2CC[C@H]1CC(NC(=O)OC(C)(C)CC)C2.